The number of H-pyrrole nitrogens is 1. The summed E-state index contributed by atoms with van der Waals surface area (Å²) in [4.78, 5) is 27.9. The molecular weight excluding hydrogens is 194 g/mol. The molecule has 0 atom stereocenters. The Bertz CT molecular complexity index is 364. The molecule has 1 rings (SSSR count). The Hall–Kier alpha value is -1.65. The zero-order valence-corrected chi connectivity index (χ0v) is 8.91. The van der Waals surface area contributed by atoms with Crippen molar-refractivity contribution in [3.8, 4) is 0 Å². The van der Waals surface area contributed by atoms with E-state index in [1.807, 2.05) is 13.8 Å². The minimum Gasteiger partial charge on any atom is -0.356 e. The number of carbonyl (C=O) groups is 1. The molecule has 1 aromatic rings. The van der Waals surface area contributed by atoms with Crippen LogP contribution in [0.5, 0.6) is 0 Å². The number of carbonyl (C=O) groups excluding carboxylic acids is 1. The molecule has 15 heavy (non-hydrogen) atoms. The normalized spacial score (nSPS) is 10.3. The monoisotopic (exact) mass is 209 g/mol. The van der Waals surface area contributed by atoms with E-state index in [1.54, 1.807) is 6.20 Å². The Labute approximate surface area is 87.9 Å². The third-order valence-electron chi connectivity index (χ3n) is 1.97. The maximum Gasteiger partial charge on any atom is 0.344 e. The average Bonchev–Trinajstić information content (AvgIpc) is 2.20. The van der Waals surface area contributed by atoms with Crippen LogP contribution in [0.1, 0.15) is 19.4 Å². The fraction of sp³-hybridized carbons (Fsp3) is 0.500. The van der Waals surface area contributed by atoms with Crippen LogP contribution in [0.4, 0.5) is 0 Å². The lowest BCUT2D eigenvalue weighted by Gasteiger charge is -2.06. The Morgan fingerprint density at radius 3 is 2.87 bits per heavy atom. The molecule has 0 aromatic carbocycles. The highest BCUT2D eigenvalue weighted by molar-refractivity contribution is 5.77. The maximum absolute atomic E-state index is 11.2. The summed E-state index contributed by atoms with van der Waals surface area (Å²) in [6.07, 6.45) is 3.79. The van der Waals surface area contributed by atoms with Crippen molar-refractivity contribution >= 4 is 5.91 Å². The summed E-state index contributed by atoms with van der Waals surface area (Å²) < 4.78 is 0. The molecule has 1 amide bonds. The molecule has 1 heterocycles. The molecule has 0 saturated carbocycles. The summed E-state index contributed by atoms with van der Waals surface area (Å²) >= 11 is 0. The van der Waals surface area contributed by atoms with E-state index in [4.69, 9.17) is 0 Å². The highest BCUT2D eigenvalue weighted by Crippen LogP contribution is 1.93. The van der Waals surface area contributed by atoms with Gasteiger partial charge in [-0.3, -0.25) is 4.79 Å². The lowest BCUT2D eigenvalue weighted by molar-refractivity contribution is -0.123. The van der Waals surface area contributed by atoms with E-state index < -0.39 is 0 Å². The summed E-state index contributed by atoms with van der Waals surface area (Å²) in [5.74, 6) is 0.0334. The number of nitrogens with one attached hydrogen (secondary N) is 2. The highest BCUT2D eigenvalue weighted by Gasteiger charge is 2.04. The van der Waals surface area contributed by atoms with Gasteiger partial charge in [-0.25, -0.2) is 9.78 Å². The number of hydrogen-bond donors (Lipinski definition) is 2. The molecule has 0 unspecified atom stereocenters. The van der Waals surface area contributed by atoms with Crippen LogP contribution in [0.25, 0.3) is 0 Å². The summed E-state index contributed by atoms with van der Waals surface area (Å²) in [6, 6.07) is 0. The van der Waals surface area contributed by atoms with Gasteiger partial charge in [0.1, 0.15) is 0 Å². The molecule has 0 aliphatic heterocycles. The van der Waals surface area contributed by atoms with E-state index in [1.165, 1.54) is 6.20 Å². The van der Waals surface area contributed by atoms with Gasteiger partial charge in [0.25, 0.3) is 0 Å². The van der Waals surface area contributed by atoms with Gasteiger partial charge in [-0.1, -0.05) is 13.8 Å². The summed E-state index contributed by atoms with van der Waals surface area (Å²) in [7, 11) is 0. The average molecular weight is 209 g/mol. The largest absolute Gasteiger partial charge is 0.356 e. The molecule has 1 aromatic heterocycles. The van der Waals surface area contributed by atoms with Crippen LogP contribution in [0.3, 0.4) is 0 Å². The van der Waals surface area contributed by atoms with Crippen molar-refractivity contribution in [3.63, 3.8) is 0 Å². The van der Waals surface area contributed by atoms with Crippen molar-refractivity contribution < 1.29 is 4.79 Å². The Morgan fingerprint density at radius 2 is 2.33 bits per heavy atom. The number of rotatable bonds is 4. The zero-order valence-electron chi connectivity index (χ0n) is 8.91. The SMILES string of the molecule is CC(C)C(=O)NCCc1cnc(=O)[nH]c1. The van der Waals surface area contributed by atoms with Crippen LogP contribution in [-0.2, 0) is 11.2 Å². The first-order valence-electron chi connectivity index (χ1n) is 4.91. The molecular formula is C10H15N3O2. The zero-order chi connectivity index (χ0) is 11.3. The smallest absolute Gasteiger partial charge is 0.344 e. The van der Waals surface area contributed by atoms with E-state index in [0.717, 1.165) is 5.56 Å². The third kappa shape index (κ3) is 3.93. The van der Waals surface area contributed by atoms with E-state index in [9.17, 15) is 9.59 Å². The van der Waals surface area contributed by atoms with Gasteiger partial charge in [-0.15, -0.1) is 0 Å². The van der Waals surface area contributed by atoms with Crippen LogP contribution in [0.15, 0.2) is 17.2 Å². The highest BCUT2D eigenvalue weighted by atomic mass is 16.2. The van der Waals surface area contributed by atoms with E-state index in [2.05, 4.69) is 15.3 Å². The van der Waals surface area contributed by atoms with Crippen LogP contribution in [0, 0.1) is 5.92 Å². The fourth-order valence-corrected chi connectivity index (χ4v) is 1.04. The van der Waals surface area contributed by atoms with E-state index in [-0.39, 0.29) is 17.5 Å². The Balaban J connectivity index is 2.35. The molecule has 5 heteroatoms. The Kier molecular flexibility index (Phi) is 4.03. The third-order valence-corrected chi connectivity index (χ3v) is 1.97. The van der Waals surface area contributed by atoms with Crippen molar-refractivity contribution in [1.82, 2.24) is 15.3 Å². The van der Waals surface area contributed by atoms with Gasteiger partial charge in [0, 0.05) is 24.9 Å². The maximum atomic E-state index is 11.2. The topological polar surface area (TPSA) is 74.8 Å². The first-order valence-corrected chi connectivity index (χ1v) is 4.91. The van der Waals surface area contributed by atoms with Crippen LogP contribution >= 0.6 is 0 Å². The molecule has 0 aliphatic carbocycles. The van der Waals surface area contributed by atoms with Gasteiger partial charge >= 0.3 is 5.69 Å². The predicted octanol–water partition coefficient (Wildman–Crippen LogP) is 0.0846. The molecule has 0 fully saturated rings. The number of aromatic nitrogens is 2. The van der Waals surface area contributed by atoms with Gasteiger partial charge < -0.3 is 10.3 Å². The van der Waals surface area contributed by atoms with Gasteiger partial charge in [-0.2, -0.15) is 0 Å². The minimum atomic E-state index is -0.357. The summed E-state index contributed by atoms with van der Waals surface area (Å²) in [5.41, 5.74) is 0.545. The first-order chi connectivity index (χ1) is 7.09. The van der Waals surface area contributed by atoms with Crippen molar-refractivity contribution in [1.29, 1.82) is 0 Å². The molecule has 0 saturated heterocycles. The van der Waals surface area contributed by atoms with Crippen LogP contribution in [0.2, 0.25) is 0 Å². The molecule has 0 bridgehead atoms. The fourth-order valence-electron chi connectivity index (χ4n) is 1.04. The summed E-state index contributed by atoms with van der Waals surface area (Å²) in [6.45, 7) is 4.25. The second kappa shape index (κ2) is 5.29. The predicted molar refractivity (Wildman–Crippen MR) is 56.4 cm³/mol. The molecule has 82 valence electrons. The molecule has 0 spiro atoms. The standard InChI is InChI=1S/C10H15N3O2/c1-7(2)9(14)11-4-3-8-5-12-10(15)13-6-8/h5-7H,3-4H2,1-2H3,(H,11,14)(H,12,13,15). The van der Waals surface area contributed by atoms with E-state index >= 15 is 0 Å². The first kappa shape index (κ1) is 11.4. The summed E-state index contributed by atoms with van der Waals surface area (Å²) in [5, 5.41) is 2.79. The van der Waals surface area contributed by atoms with Gasteiger partial charge in [0.05, 0.1) is 0 Å². The minimum absolute atomic E-state index is 0.00120. The molecule has 2 N–H and O–H groups in total. The van der Waals surface area contributed by atoms with Crippen LogP contribution in [-0.4, -0.2) is 22.4 Å². The number of amides is 1. The van der Waals surface area contributed by atoms with Crippen molar-refractivity contribution in [3.05, 3.63) is 28.4 Å². The van der Waals surface area contributed by atoms with Crippen molar-refractivity contribution in [2.24, 2.45) is 5.92 Å². The van der Waals surface area contributed by atoms with Gasteiger partial charge in [-0.05, 0) is 12.0 Å². The second-order valence-electron chi connectivity index (χ2n) is 3.62. The molecule has 0 aliphatic rings. The number of nitrogens with zero attached hydrogens (tertiary/aromatic N) is 1. The van der Waals surface area contributed by atoms with Gasteiger partial charge in [0.15, 0.2) is 0 Å². The quantitative estimate of drug-likeness (QED) is 0.737. The number of aromatic amines is 1. The van der Waals surface area contributed by atoms with Gasteiger partial charge in [0.2, 0.25) is 5.91 Å². The molecule has 5 nitrogen and oxygen atoms in total. The Morgan fingerprint density at radius 1 is 1.60 bits per heavy atom. The van der Waals surface area contributed by atoms with Crippen LogP contribution < -0.4 is 11.0 Å². The number of hydrogen-bond acceptors (Lipinski definition) is 3. The lowest BCUT2D eigenvalue weighted by atomic mass is 10.2. The van der Waals surface area contributed by atoms with Crippen molar-refractivity contribution in [2.75, 3.05) is 6.54 Å². The second-order valence-corrected chi connectivity index (χ2v) is 3.62. The lowest BCUT2D eigenvalue weighted by Crippen LogP contribution is -2.29. The molecule has 0 radical (unpaired) electrons. The van der Waals surface area contributed by atoms with E-state index in [0.29, 0.717) is 13.0 Å². The van der Waals surface area contributed by atoms with Crippen molar-refractivity contribution in [2.45, 2.75) is 20.3 Å².